The molecule has 0 unspecified atom stereocenters. The molecule has 1 aromatic heterocycles. The highest BCUT2D eigenvalue weighted by atomic mass is 16.6. The van der Waals surface area contributed by atoms with Gasteiger partial charge in [0, 0.05) is 13.0 Å². The second kappa shape index (κ2) is 5.54. The number of hydrogen-bond acceptors (Lipinski definition) is 5. The predicted octanol–water partition coefficient (Wildman–Crippen LogP) is 2.33. The van der Waals surface area contributed by atoms with E-state index in [9.17, 15) is 4.79 Å². The maximum absolute atomic E-state index is 12.2. The number of rotatable bonds is 2. The lowest BCUT2D eigenvalue weighted by atomic mass is 9.76. The van der Waals surface area contributed by atoms with Crippen LogP contribution in [0.1, 0.15) is 25.3 Å². The molecule has 2 heterocycles. The Labute approximate surface area is 144 Å². The van der Waals surface area contributed by atoms with Crippen molar-refractivity contribution in [2.24, 2.45) is 5.92 Å². The number of nitrogens with zero attached hydrogens (tertiary/aromatic N) is 3. The molecule has 2 aliphatic rings. The fourth-order valence-corrected chi connectivity index (χ4v) is 3.46. The number of carbonyl (C=O) groups excluding carboxylic acids is 1. The first-order valence-corrected chi connectivity index (χ1v) is 8.21. The molecule has 0 radical (unpaired) electrons. The van der Waals surface area contributed by atoms with Crippen LogP contribution in [0.3, 0.4) is 0 Å². The number of amides is 1. The Kier molecular flexibility index (Phi) is 3.45. The van der Waals surface area contributed by atoms with Gasteiger partial charge >= 0.3 is 0 Å². The second-order valence-electron chi connectivity index (χ2n) is 6.85. The van der Waals surface area contributed by atoms with E-state index in [1.165, 1.54) is 4.90 Å². The minimum absolute atomic E-state index is 0.0363. The standard InChI is InChI=1S/C18H19N5O2/c1-18(10-16(24)23(2)17(19)20-18)13-5-3-4-11(8-13)12-6-7-14-15(9-12)22-25-21-14/h3-4,6-9,13H,5,10H2,1-2H3,(H2,19,20)/t13-,18+/m1/s1. The molecule has 128 valence electrons. The molecule has 2 N–H and O–H groups in total. The third-order valence-corrected chi connectivity index (χ3v) is 5.11. The van der Waals surface area contributed by atoms with Crippen molar-refractivity contribution in [2.45, 2.75) is 25.3 Å². The largest absolute Gasteiger partial charge is 0.350 e. The summed E-state index contributed by atoms with van der Waals surface area (Å²) in [5.74, 6) is 0.223. The van der Waals surface area contributed by atoms with E-state index in [2.05, 4.69) is 33.9 Å². The van der Waals surface area contributed by atoms with Gasteiger partial charge < -0.3 is 5.32 Å². The van der Waals surface area contributed by atoms with Crippen LogP contribution in [0.4, 0.5) is 0 Å². The van der Waals surface area contributed by atoms with Crippen LogP contribution in [0.5, 0.6) is 0 Å². The minimum atomic E-state index is -0.476. The first-order chi connectivity index (χ1) is 12.0. The summed E-state index contributed by atoms with van der Waals surface area (Å²) in [5.41, 5.74) is 3.07. The summed E-state index contributed by atoms with van der Waals surface area (Å²) >= 11 is 0. The monoisotopic (exact) mass is 337 g/mol. The van der Waals surface area contributed by atoms with E-state index in [0.717, 1.165) is 28.6 Å². The molecule has 7 heteroatoms. The van der Waals surface area contributed by atoms with Crippen LogP contribution < -0.4 is 5.32 Å². The molecule has 7 nitrogen and oxygen atoms in total. The normalized spacial score (nSPS) is 26.7. The number of guanidine groups is 1. The number of benzene rings is 1. The third-order valence-electron chi connectivity index (χ3n) is 5.11. The summed E-state index contributed by atoms with van der Waals surface area (Å²) in [7, 11) is 1.63. The first kappa shape index (κ1) is 15.6. The van der Waals surface area contributed by atoms with Gasteiger partial charge in [0.05, 0.1) is 12.0 Å². The molecule has 0 bridgehead atoms. The van der Waals surface area contributed by atoms with Crippen molar-refractivity contribution in [3.05, 3.63) is 42.0 Å². The van der Waals surface area contributed by atoms with Gasteiger partial charge in [-0.05, 0) is 46.9 Å². The van der Waals surface area contributed by atoms with E-state index >= 15 is 0 Å². The molecule has 2 atom stereocenters. The quantitative estimate of drug-likeness (QED) is 0.877. The maximum Gasteiger partial charge on any atom is 0.231 e. The van der Waals surface area contributed by atoms with Crippen LogP contribution in [0.2, 0.25) is 0 Å². The van der Waals surface area contributed by atoms with Crippen molar-refractivity contribution in [1.29, 1.82) is 5.41 Å². The SMILES string of the molecule is CN1C(=N)N[C@](C)([C@H]2C=C(c3ccc4nonc4c3)C=CC2)CC1=O. The van der Waals surface area contributed by atoms with Crippen molar-refractivity contribution >= 4 is 28.5 Å². The number of aromatic nitrogens is 2. The zero-order valence-corrected chi connectivity index (χ0v) is 14.1. The molecule has 1 saturated heterocycles. The number of allylic oxidation sites excluding steroid dienone is 3. The van der Waals surface area contributed by atoms with E-state index < -0.39 is 5.54 Å². The molecule has 1 aliphatic heterocycles. The average molecular weight is 337 g/mol. The van der Waals surface area contributed by atoms with Crippen LogP contribution in [-0.2, 0) is 4.79 Å². The van der Waals surface area contributed by atoms with Crippen molar-refractivity contribution in [2.75, 3.05) is 7.05 Å². The number of hydrogen-bond donors (Lipinski definition) is 2. The third kappa shape index (κ3) is 2.61. The second-order valence-corrected chi connectivity index (χ2v) is 6.85. The maximum atomic E-state index is 12.2. The lowest BCUT2D eigenvalue weighted by Gasteiger charge is -2.44. The molecule has 1 aliphatic carbocycles. The van der Waals surface area contributed by atoms with Gasteiger partial charge in [-0.3, -0.25) is 15.1 Å². The molecular weight excluding hydrogens is 318 g/mol. The van der Waals surface area contributed by atoms with Gasteiger partial charge in [0.2, 0.25) is 5.91 Å². The topological polar surface area (TPSA) is 95.1 Å². The van der Waals surface area contributed by atoms with Gasteiger partial charge in [0.15, 0.2) is 5.96 Å². The summed E-state index contributed by atoms with van der Waals surface area (Å²) in [5, 5.41) is 19.0. The predicted molar refractivity (Wildman–Crippen MR) is 93.7 cm³/mol. The fourth-order valence-electron chi connectivity index (χ4n) is 3.46. The Balaban J connectivity index is 1.66. The van der Waals surface area contributed by atoms with Gasteiger partial charge in [-0.2, -0.15) is 0 Å². The molecule has 25 heavy (non-hydrogen) atoms. The Bertz CT molecular complexity index is 908. The Hall–Kier alpha value is -2.96. The smallest absolute Gasteiger partial charge is 0.231 e. The highest BCUT2D eigenvalue weighted by Crippen LogP contribution is 2.35. The highest BCUT2D eigenvalue weighted by Gasteiger charge is 2.41. The van der Waals surface area contributed by atoms with Gasteiger partial charge in [-0.15, -0.1) is 0 Å². The molecule has 2 aromatic rings. The summed E-state index contributed by atoms with van der Waals surface area (Å²) < 4.78 is 4.76. The van der Waals surface area contributed by atoms with Gasteiger partial charge in [-0.1, -0.05) is 24.3 Å². The summed E-state index contributed by atoms with van der Waals surface area (Å²) in [4.78, 5) is 13.6. The van der Waals surface area contributed by atoms with Crippen molar-refractivity contribution < 1.29 is 9.42 Å². The van der Waals surface area contributed by atoms with Crippen LogP contribution in [0.25, 0.3) is 16.6 Å². The molecule has 0 saturated carbocycles. The number of nitrogens with one attached hydrogen (secondary N) is 2. The van der Waals surface area contributed by atoms with Crippen LogP contribution in [0, 0.1) is 11.3 Å². The Morgan fingerprint density at radius 2 is 2.16 bits per heavy atom. The number of fused-ring (bicyclic) bond motifs is 1. The molecule has 0 spiro atoms. The van der Waals surface area contributed by atoms with E-state index in [1.807, 2.05) is 25.1 Å². The first-order valence-electron chi connectivity index (χ1n) is 8.21. The Morgan fingerprint density at radius 1 is 1.36 bits per heavy atom. The Morgan fingerprint density at radius 3 is 2.96 bits per heavy atom. The van der Waals surface area contributed by atoms with Gasteiger partial charge in [-0.25, -0.2) is 4.63 Å². The molecule has 1 amide bonds. The van der Waals surface area contributed by atoms with Crippen LogP contribution in [0.15, 0.2) is 41.1 Å². The molecule has 1 aromatic carbocycles. The van der Waals surface area contributed by atoms with Crippen molar-refractivity contribution in [1.82, 2.24) is 20.5 Å². The van der Waals surface area contributed by atoms with Gasteiger partial charge in [0.1, 0.15) is 11.0 Å². The van der Waals surface area contributed by atoms with E-state index in [4.69, 9.17) is 10.0 Å². The zero-order chi connectivity index (χ0) is 17.6. The minimum Gasteiger partial charge on any atom is -0.350 e. The van der Waals surface area contributed by atoms with Crippen molar-refractivity contribution in [3.8, 4) is 0 Å². The van der Waals surface area contributed by atoms with E-state index in [-0.39, 0.29) is 17.8 Å². The van der Waals surface area contributed by atoms with E-state index in [1.54, 1.807) is 7.05 Å². The number of carbonyl (C=O) groups is 1. The molecular formula is C18H19N5O2. The lowest BCUT2D eigenvalue weighted by molar-refractivity contribution is -0.129. The molecule has 4 rings (SSSR count). The zero-order valence-electron chi connectivity index (χ0n) is 14.1. The van der Waals surface area contributed by atoms with Crippen molar-refractivity contribution in [3.63, 3.8) is 0 Å². The summed E-state index contributed by atoms with van der Waals surface area (Å²) in [6.45, 7) is 2.01. The fraction of sp³-hybridized carbons (Fsp3) is 0.333. The van der Waals surface area contributed by atoms with Crippen LogP contribution in [-0.4, -0.2) is 39.7 Å². The molecule has 1 fully saturated rings. The van der Waals surface area contributed by atoms with Gasteiger partial charge in [0.25, 0.3) is 0 Å². The summed E-state index contributed by atoms with van der Waals surface area (Å²) in [6, 6.07) is 5.82. The highest BCUT2D eigenvalue weighted by molar-refractivity contribution is 5.99. The lowest BCUT2D eigenvalue weighted by Crippen LogP contribution is -2.62. The van der Waals surface area contributed by atoms with Crippen LogP contribution >= 0.6 is 0 Å². The summed E-state index contributed by atoms with van der Waals surface area (Å²) in [6.07, 6.45) is 7.56. The average Bonchev–Trinajstić information content (AvgIpc) is 3.07. The van der Waals surface area contributed by atoms with E-state index in [0.29, 0.717) is 6.42 Å².